The fraction of sp³-hybridized carbons (Fsp3) is 0.375. The van der Waals surface area contributed by atoms with Crippen LogP contribution in [0.15, 0.2) is 6.20 Å². The van der Waals surface area contributed by atoms with Gasteiger partial charge in [0.2, 0.25) is 0 Å². The molecule has 0 bridgehead atoms. The Hall–Kier alpha value is -1.85. The Morgan fingerprint density at radius 1 is 1.64 bits per heavy atom. The van der Waals surface area contributed by atoms with Gasteiger partial charge in [-0.3, -0.25) is 9.48 Å². The van der Waals surface area contributed by atoms with Crippen molar-refractivity contribution in [2.75, 3.05) is 5.32 Å². The quantitative estimate of drug-likeness (QED) is 0.654. The number of aryl methyl sites for hydroxylation is 2. The van der Waals surface area contributed by atoms with E-state index in [2.05, 4.69) is 10.4 Å². The van der Waals surface area contributed by atoms with Gasteiger partial charge in [0.1, 0.15) is 0 Å². The van der Waals surface area contributed by atoms with E-state index in [4.69, 9.17) is 5.11 Å². The highest BCUT2D eigenvalue weighted by Gasteiger charge is 2.14. The van der Waals surface area contributed by atoms with Crippen molar-refractivity contribution in [1.29, 1.82) is 0 Å². The number of carbonyl (C=O) groups excluding carboxylic acids is 1. The first-order valence-electron chi connectivity index (χ1n) is 4.11. The van der Waals surface area contributed by atoms with Gasteiger partial charge in [-0.1, -0.05) is 6.92 Å². The third kappa shape index (κ3) is 2.09. The molecule has 76 valence electrons. The molecule has 0 saturated carbocycles. The maximum Gasteiger partial charge on any atom is 0.394 e. The highest BCUT2D eigenvalue weighted by molar-refractivity contribution is 6.36. The lowest BCUT2D eigenvalue weighted by molar-refractivity contribution is -0.147. The van der Waals surface area contributed by atoms with Crippen LogP contribution in [-0.2, 0) is 23.1 Å². The van der Waals surface area contributed by atoms with Gasteiger partial charge in [0, 0.05) is 13.2 Å². The molecule has 0 fully saturated rings. The molecule has 14 heavy (non-hydrogen) atoms. The highest BCUT2D eigenvalue weighted by Crippen LogP contribution is 2.13. The smallest absolute Gasteiger partial charge is 0.394 e. The van der Waals surface area contributed by atoms with Gasteiger partial charge in [0.15, 0.2) is 0 Å². The Balaban J connectivity index is 2.85. The zero-order chi connectivity index (χ0) is 10.7. The number of nitrogens with one attached hydrogen (secondary N) is 1. The fourth-order valence-corrected chi connectivity index (χ4v) is 1.08. The van der Waals surface area contributed by atoms with E-state index in [0.29, 0.717) is 17.8 Å². The van der Waals surface area contributed by atoms with Crippen LogP contribution in [0.3, 0.4) is 0 Å². The molecule has 0 aliphatic heterocycles. The Morgan fingerprint density at radius 3 is 2.79 bits per heavy atom. The summed E-state index contributed by atoms with van der Waals surface area (Å²) in [6.45, 7) is 1.87. The number of carboxylic acid groups (broad SMARTS) is 1. The number of rotatable bonds is 2. The molecule has 1 amide bonds. The van der Waals surface area contributed by atoms with Crippen molar-refractivity contribution in [3.8, 4) is 0 Å². The summed E-state index contributed by atoms with van der Waals surface area (Å²) in [5.41, 5.74) is 1.12. The summed E-state index contributed by atoms with van der Waals surface area (Å²) in [7, 11) is 1.70. The first-order chi connectivity index (χ1) is 6.54. The summed E-state index contributed by atoms with van der Waals surface area (Å²) in [5.74, 6) is -2.55. The maximum atomic E-state index is 10.8. The van der Waals surface area contributed by atoms with Gasteiger partial charge >= 0.3 is 11.9 Å². The van der Waals surface area contributed by atoms with Gasteiger partial charge in [-0.2, -0.15) is 5.10 Å². The van der Waals surface area contributed by atoms with Crippen molar-refractivity contribution in [3.63, 3.8) is 0 Å². The van der Waals surface area contributed by atoms with E-state index in [-0.39, 0.29) is 0 Å². The number of aliphatic carboxylic acids is 1. The number of nitrogens with zero attached hydrogens (tertiary/aromatic N) is 2. The molecule has 6 nitrogen and oxygen atoms in total. The third-order valence-corrected chi connectivity index (χ3v) is 1.68. The van der Waals surface area contributed by atoms with Crippen molar-refractivity contribution in [3.05, 3.63) is 11.9 Å². The summed E-state index contributed by atoms with van der Waals surface area (Å²) in [6.07, 6.45) is 2.20. The standard InChI is InChI=1S/C8H11N3O3/c1-3-5-6(4-11(2)10-5)9-7(12)8(13)14/h4H,3H2,1-2H3,(H,9,12)(H,13,14). The molecule has 0 saturated heterocycles. The zero-order valence-corrected chi connectivity index (χ0v) is 7.94. The third-order valence-electron chi connectivity index (χ3n) is 1.68. The number of amides is 1. The lowest BCUT2D eigenvalue weighted by atomic mass is 10.3. The van der Waals surface area contributed by atoms with Crippen molar-refractivity contribution in [1.82, 2.24) is 9.78 Å². The second kappa shape index (κ2) is 3.91. The van der Waals surface area contributed by atoms with Gasteiger partial charge in [0.05, 0.1) is 11.4 Å². The van der Waals surface area contributed by atoms with E-state index >= 15 is 0 Å². The van der Waals surface area contributed by atoms with Crippen LogP contribution >= 0.6 is 0 Å². The molecule has 1 rings (SSSR count). The zero-order valence-electron chi connectivity index (χ0n) is 7.94. The molecule has 0 radical (unpaired) electrons. The van der Waals surface area contributed by atoms with E-state index < -0.39 is 11.9 Å². The molecule has 1 heterocycles. The molecule has 1 aromatic rings. The fourth-order valence-electron chi connectivity index (χ4n) is 1.08. The van der Waals surface area contributed by atoms with Gasteiger partial charge in [-0.25, -0.2) is 4.79 Å². The first kappa shape index (κ1) is 10.2. The minimum Gasteiger partial charge on any atom is -0.474 e. The van der Waals surface area contributed by atoms with Crippen molar-refractivity contribution >= 4 is 17.6 Å². The molecule has 2 N–H and O–H groups in total. The number of anilines is 1. The lowest BCUT2D eigenvalue weighted by Crippen LogP contribution is -2.22. The molecule has 0 aliphatic carbocycles. The Morgan fingerprint density at radius 2 is 2.29 bits per heavy atom. The van der Waals surface area contributed by atoms with Crippen LogP contribution in [0.4, 0.5) is 5.69 Å². The van der Waals surface area contributed by atoms with Crippen LogP contribution in [0.25, 0.3) is 0 Å². The Labute approximate surface area is 80.5 Å². The molecular formula is C8H11N3O3. The topological polar surface area (TPSA) is 84.2 Å². The minimum atomic E-state index is -1.50. The maximum absolute atomic E-state index is 10.8. The summed E-state index contributed by atoms with van der Waals surface area (Å²) in [4.78, 5) is 21.1. The van der Waals surface area contributed by atoms with Gasteiger partial charge < -0.3 is 10.4 Å². The predicted octanol–water partition coefficient (Wildman–Crippen LogP) is 0.00560. The van der Waals surface area contributed by atoms with Crippen LogP contribution < -0.4 is 5.32 Å². The molecule has 0 spiro atoms. The van der Waals surface area contributed by atoms with Crippen LogP contribution in [0.1, 0.15) is 12.6 Å². The van der Waals surface area contributed by atoms with Crippen molar-refractivity contribution in [2.45, 2.75) is 13.3 Å². The van der Waals surface area contributed by atoms with Crippen LogP contribution in [0, 0.1) is 0 Å². The molecule has 0 aromatic carbocycles. The van der Waals surface area contributed by atoms with Crippen LogP contribution in [-0.4, -0.2) is 26.8 Å². The van der Waals surface area contributed by atoms with E-state index in [9.17, 15) is 9.59 Å². The summed E-state index contributed by atoms with van der Waals surface area (Å²) >= 11 is 0. The highest BCUT2D eigenvalue weighted by atomic mass is 16.4. The lowest BCUT2D eigenvalue weighted by Gasteiger charge is -1.99. The van der Waals surface area contributed by atoms with Crippen LogP contribution in [0.2, 0.25) is 0 Å². The average Bonchev–Trinajstić information content (AvgIpc) is 2.45. The summed E-state index contributed by atoms with van der Waals surface area (Å²) < 4.78 is 1.52. The molecule has 0 atom stereocenters. The molecule has 0 aliphatic rings. The Kier molecular flexibility index (Phi) is 2.85. The SMILES string of the molecule is CCc1nn(C)cc1NC(=O)C(=O)O. The number of carboxylic acids is 1. The van der Waals surface area contributed by atoms with E-state index in [1.54, 1.807) is 13.2 Å². The molecular weight excluding hydrogens is 186 g/mol. The van der Waals surface area contributed by atoms with Crippen LogP contribution in [0.5, 0.6) is 0 Å². The molecule has 1 aromatic heterocycles. The van der Waals surface area contributed by atoms with E-state index in [1.807, 2.05) is 6.92 Å². The first-order valence-corrected chi connectivity index (χ1v) is 4.11. The monoisotopic (exact) mass is 197 g/mol. The summed E-state index contributed by atoms with van der Waals surface area (Å²) in [6, 6.07) is 0. The average molecular weight is 197 g/mol. The number of aromatic nitrogens is 2. The van der Waals surface area contributed by atoms with Gasteiger partial charge in [0.25, 0.3) is 0 Å². The predicted molar refractivity (Wildman–Crippen MR) is 48.9 cm³/mol. The number of hydrogen-bond donors (Lipinski definition) is 2. The normalized spacial score (nSPS) is 9.86. The second-order valence-corrected chi connectivity index (χ2v) is 2.78. The number of hydrogen-bond acceptors (Lipinski definition) is 3. The second-order valence-electron chi connectivity index (χ2n) is 2.78. The molecule has 0 unspecified atom stereocenters. The van der Waals surface area contributed by atoms with Gasteiger partial charge in [-0.05, 0) is 6.42 Å². The minimum absolute atomic E-state index is 0.447. The van der Waals surface area contributed by atoms with Crippen molar-refractivity contribution < 1.29 is 14.7 Å². The summed E-state index contributed by atoms with van der Waals surface area (Å²) in [5, 5.41) is 14.7. The molecule has 6 heteroatoms. The van der Waals surface area contributed by atoms with Crippen molar-refractivity contribution in [2.24, 2.45) is 7.05 Å². The Bertz CT molecular complexity index is 370. The van der Waals surface area contributed by atoms with Gasteiger partial charge in [-0.15, -0.1) is 0 Å². The van der Waals surface area contributed by atoms with E-state index in [1.165, 1.54) is 4.68 Å². The van der Waals surface area contributed by atoms with E-state index in [0.717, 1.165) is 0 Å². The number of carbonyl (C=O) groups is 2. The largest absolute Gasteiger partial charge is 0.474 e.